The minimum atomic E-state index is 1.04. The van der Waals surface area contributed by atoms with Gasteiger partial charge in [0.05, 0.1) is 11.0 Å². The van der Waals surface area contributed by atoms with Crippen molar-refractivity contribution < 1.29 is 0 Å². The second-order valence-electron chi connectivity index (χ2n) is 8.04. The van der Waals surface area contributed by atoms with Crippen molar-refractivity contribution >= 4 is 64.9 Å². The van der Waals surface area contributed by atoms with Crippen LogP contribution in [0.1, 0.15) is 0 Å². The highest BCUT2D eigenvalue weighted by molar-refractivity contribution is 6.11. The first-order valence-electron chi connectivity index (χ1n) is 10.1. The van der Waals surface area contributed by atoms with Gasteiger partial charge in [0.15, 0.2) is 0 Å². The topological polar surface area (TPSA) is 25.8 Å². The van der Waals surface area contributed by atoms with Crippen LogP contribution in [0.2, 0.25) is 0 Å². The number of hydrogen-bond acceptors (Lipinski definition) is 2. The molecular formula is C28H16N2. The van der Waals surface area contributed by atoms with Crippen LogP contribution in [-0.4, -0.2) is 9.97 Å². The molecular weight excluding hydrogens is 364 g/mol. The summed E-state index contributed by atoms with van der Waals surface area (Å²) in [5, 5.41) is 12.3. The summed E-state index contributed by atoms with van der Waals surface area (Å²) in [7, 11) is 0. The lowest BCUT2D eigenvalue weighted by molar-refractivity contribution is 1.42. The van der Waals surface area contributed by atoms with E-state index in [1.807, 2.05) is 24.5 Å². The van der Waals surface area contributed by atoms with Gasteiger partial charge in [-0.05, 0) is 116 Å². The highest BCUT2D eigenvalue weighted by Gasteiger charge is 2.06. The smallest absolute Gasteiger partial charge is 0.0708 e. The van der Waals surface area contributed by atoms with Gasteiger partial charge in [-0.2, -0.15) is 0 Å². The Hall–Kier alpha value is -4.04. The van der Waals surface area contributed by atoms with Crippen molar-refractivity contribution in [3.63, 3.8) is 0 Å². The van der Waals surface area contributed by atoms with Crippen LogP contribution in [0, 0.1) is 0 Å². The fourth-order valence-electron chi connectivity index (χ4n) is 4.65. The standard InChI is InChI=1S/C28H16N2/c1-3-17-7-19-9-21-11-24-14-26-16-28-18(4-2-6-30-28)8-20(26)10-22(24)12-23(21)13-25(19)15-27(17)29-5-1/h1-16H. The second-order valence-corrected chi connectivity index (χ2v) is 8.04. The van der Waals surface area contributed by atoms with Gasteiger partial charge in [0, 0.05) is 23.2 Å². The van der Waals surface area contributed by atoms with Crippen LogP contribution in [0.15, 0.2) is 97.3 Å². The molecule has 0 N–H and O–H groups in total. The Bertz CT molecular complexity index is 1540. The van der Waals surface area contributed by atoms with Gasteiger partial charge in [-0.25, -0.2) is 0 Å². The Morgan fingerprint density at radius 2 is 0.633 bits per heavy atom. The summed E-state index contributed by atoms with van der Waals surface area (Å²) in [6, 6.07) is 30.8. The molecule has 0 spiro atoms. The lowest BCUT2D eigenvalue weighted by Crippen LogP contribution is -1.83. The van der Waals surface area contributed by atoms with Gasteiger partial charge in [-0.3, -0.25) is 9.97 Å². The number of nitrogens with zero attached hydrogens (tertiary/aromatic N) is 2. The highest BCUT2D eigenvalue weighted by Crippen LogP contribution is 2.32. The maximum absolute atomic E-state index is 4.52. The number of benzene rings is 5. The van der Waals surface area contributed by atoms with Gasteiger partial charge < -0.3 is 0 Å². The molecule has 0 aliphatic heterocycles. The van der Waals surface area contributed by atoms with Crippen LogP contribution < -0.4 is 0 Å². The first kappa shape index (κ1) is 15.8. The third kappa shape index (κ3) is 2.31. The maximum Gasteiger partial charge on any atom is 0.0708 e. The Balaban J connectivity index is 1.54. The summed E-state index contributed by atoms with van der Waals surface area (Å²) in [4.78, 5) is 9.03. The normalized spacial score (nSPS) is 12.0. The number of pyridine rings is 2. The monoisotopic (exact) mass is 380 g/mol. The van der Waals surface area contributed by atoms with E-state index in [1.165, 1.54) is 53.9 Å². The molecule has 2 heterocycles. The fraction of sp³-hybridized carbons (Fsp3) is 0. The molecule has 0 saturated carbocycles. The molecule has 0 radical (unpaired) electrons. The third-order valence-corrected chi connectivity index (χ3v) is 6.15. The van der Waals surface area contributed by atoms with Crippen molar-refractivity contribution in [1.82, 2.24) is 9.97 Å². The van der Waals surface area contributed by atoms with E-state index in [4.69, 9.17) is 0 Å². The molecule has 30 heavy (non-hydrogen) atoms. The molecule has 0 aliphatic carbocycles. The summed E-state index contributed by atoms with van der Waals surface area (Å²) >= 11 is 0. The van der Waals surface area contributed by atoms with Gasteiger partial charge in [0.1, 0.15) is 0 Å². The van der Waals surface area contributed by atoms with Crippen LogP contribution in [0.3, 0.4) is 0 Å². The molecule has 7 rings (SSSR count). The fourth-order valence-corrected chi connectivity index (χ4v) is 4.65. The van der Waals surface area contributed by atoms with E-state index in [1.54, 1.807) is 0 Å². The van der Waals surface area contributed by atoms with Crippen molar-refractivity contribution in [3.8, 4) is 0 Å². The highest BCUT2D eigenvalue weighted by atomic mass is 14.6. The SMILES string of the molecule is c1cnc2cc3cc4cc5cc6cc7cccnc7cc6cc5cc4cc3cc2c1. The van der Waals surface area contributed by atoms with Crippen molar-refractivity contribution in [2.45, 2.75) is 0 Å². The van der Waals surface area contributed by atoms with Crippen LogP contribution in [0.4, 0.5) is 0 Å². The summed E-state index contributed by atoms with van der Waals surface area (Å²) in [6.45, 7) is 0. The average Bonchev–Trinajstić information content (AvgIpc) is 2.77. The molecule has 2 heteroatoms. The Morgan fingerprint density at radius 3 is 1.00 bits per heavy atom. The van der Waals surface area contributed by atoms with Crippen molar-refractivity contribution in [2.24, 2.45) is 0 Å². The van der Waals surface area contributed by atoms with E-state index in [-0.39, 0.29) is 0 Å². The summed E-state index contributed by atoms with van der Waals surface area (Å²) < 4.78 is 0. The number of hydrogen-bond donors (Lipinski definition) is 0. The van der Waals surface area contributed by atoms with E-state index >= 15 is 0 Å². The second kappa shape index (κ2) is 5.74. The molecule has 7 aromatic rings. The minimum absolute atomic E-state index is 1.04. The molecule has 5 aromatic carbocycles. The Kier molecular flexibility index (Phi) is 3.03. The number of aromatic nitrogens is 2. The van der Waals surface area contributed by atoms with E-state index in [2.05, 4.69) is 82.8 Å². The quantitative estimate of drug-likeness (QED) is 0.256. The van der Waals surface area contributed by atoms with Crippen molar-refractivity contribution in [2.75, 3.05) is 0 Å². The third-order valence-electron chi connectivity index (χ3n) is 6.15. The van der Waals surface area contributed by atoms with E-state index in [9.17, 15) is 0 Å². The first-order chi connectivity index (χ1) is 14.8. The molecule has 2 nitrogen and oxygen atoms in total. The zero-order valence-corrected chi connectivity index (χ0v) is 16.1. The molecule has 2 aromatic heterocycles. The molecule has 0 fully saturated rings. The predicted molar refractivity (Wildman–Crippen MR) is 127 cm³/mol. The van der Waals surface area contributed by atoms with Gasteiger partial charge in [0.25, 0.3) is 0 Å². The largest absolute Gasteiger partial charge is 0.256 e. The first-order valence-corrected chi connectivity index (χ1v) is 10.1. The van der Waals surface area contributed by atoms with Gasteiger partial charge >= 0.3 is 0 Å². The van der Waals surface area contributed by atoms with Crippen LogP contribution in [0.5, 0.6) is 0 Å². The Morgan fingerprint density at radius 1 is 0.333 bits per heavy atom. The lowest BCUT2D eigenvalue weighted by Gasteiger charge is -2.08. The molecule has 0 saturated heterocycles. The van der Waals surface area contributed by atoms with Crippen LogP contribution >= 0.6 is 0 Å². The van der Waals surface area contributed by atoms with Gasteiger partial charge in [0.2, 0.25) is 0 Å². The zero-order valence-electron chi connectivity index (χ0n) is 16.1. The number of fused-ring (bicyclic) bond motifs is 6. The minimum Gasteiger partial charge on any atom is -0.256 e. The lowest BCUT2D eigenvalue weighted by atomic mass is 9.96. The molecule has 0 atom stereocenters. The summed E-state index contributed by atoms with van der Waals surface area (Å²) in [5.74, 6) is 0. The summed E-state index contributed by atoms with van der Waals surface area (Å²) in [5.41, 5.74) is 2.08. The molecule has 138 valence electrons. The maximum atomic E-state index is 4.52. The van der Waals surface area contributed by atoms with Crippen LogP contribution in [-0.2, 0) is 0 Å². The molecule has 0 aliphatic rings. The van der Waals surface area contributed by atoms with Gasteiger partial charge in [-0.1, -0.05) is 12.1 Å². The zero-order chi connectivity index (χ0) is 19.7. The van der Waals surface area contributed by atoms with Crippen molar-refractivity contribution in [1.29, 1.82) is 0 Å². The molecule has 0 bridgehead atoms. The van der Waals surface area contributed by atoms with Gasteiger partial charge in [-0.15, -0.1) is 0 Å². The predicted octanol–water partition coefficient (Wildman–Crippen LogP) is 7.40. The summed E-state index contributed by atoms with van der Waals surface area (Å²) in [6.07, 6.45) is 3.71. The number of rotatable bonds is 0. The van der Waals surface area contributed by atoms with Crippen LogP contribution in [0.25, 0.3) is 64.9 Å². The molecule has 0 unspecified atom stereocenters. The van der Waals surface area contributed by atoms with E-state index < -0.39 is 0 Å². The van der Waals surface area contributed by atoms with E-state index in [0.29, 0.717) is 0 Å². The van der Waals surface area contributed by atoms with Crippen molar-refractivity contribution in [3.05, 3.63) is 97.3 Å². The van der Waals surface area contributed by atoms with E-state index in [0.717, 1.165) is 11.0 Å². The average molecular weight is 380 g/mol. The Labute approximate surface area is 172 Å². The molecule has 0 amide bonds.